The number of rotatable bonds is 4. The Morgan fingerprint density at radius 1 is 1.30 bits per heavy atom. The molecule has 0 radical (unpaired) electrons. The summed E-state index contributed by atoms with van der Waals surface area (Å²) in [6, 6.07) is 6.02. The minimum Gasteiger partial charge on any atom is -0.495 e. The normalized spacial score (nSPS) is 11.0. The Labute approximate surface area is 140 Å². The first-order valence-corrected chi connectivity index (χ1v) is 8.57. The number of aromatic nitrogens is 4. The highest BCUT2D eigenvalue weighted by Crippen LogP contribution is 2.32. The fraction of sp³-hybridized carbons (Fsp3) is 0.133. The molecule has 6 nitrogen and oxygen atoms in total. The van der Waals surface area contributed by atoms with Crippen molar-refractivity contribution in [2.45, 2.75) is 0 Å². The molecule has 0 bridgehead atoms. The van der Waals surface area contributed by atoms with Crippen LogP contribution in [0.2, 0.25) is 0 Å². The molecule has 4 rings (SSSR count). The number of imidazole rings is 1. The minimum atomic E-state index is 0.713. The van der Waals surface area contributed by atoms with E-state index in [4.69, 9.17) is 4.74 Å². The van der Waals surface area contributed by atoms with Gasteiger partial charge in [0.05, 0.1) is 30.2 Å². The van der Waals surface area contributed by atoms with Gasteiger partial charge in [0.15, 0.2) is 0 Å². The average molecular weight is 343 g/mol. The van der Waals surface area contributed by atoms with Gasteiger partial charge in [-0.3, -0.25) is 4.98 Å². The summed E-state index contributed by atoms with van der Waals surface area (Å²) in [6.07, 6.45) is 5.36. The SMILES string of the molecule is COc1cncc(-c2cn3nc(N(C)c4cccs4)sc3n2)c1. The van der Waals surface area contributed by atoms with Crippen LogP contribution in [0.15, 0.2) is 42.2 Å². The number of fused-ring (bicyclic) bond motifs is 1. The van der Waals surface area contributed by atoms with Gasteiger partial charge < -0.3 is 9.64 Å². The van der Waals surface area contributed by atoms with Gasteiger partial charge in [0.2, 0.25) is 10.1 Å². The van der Waals surface area contributed by atoms with Crippen LogP contribution in [0, 0.1) is 0 Å². The van der Waals surface area contributed by atoms with Gasteiger partial charge in [-0.2, -0.15) is 0 Å². The van der Waals surface area contributed by atoms with Crippen LogP contribution in [0.1, 0.15) is 0 Å². The van der Waals surface area contributed by atoms with E-state index in [1.807, 2.05) is 25.4 Å². The standard InChI is InChI=1S/C15H13N5OS2/c1-19(13-4-3-5-22-13)15-18-20-9-12(17-14(20)23-15)10-6-11(21-2)8-16-7-10/h3-9H,1-2H3. The van der Waals surface area contributed by atoms with E-state index >= 15 is 0 Å². The van der Waals surface area contributed by atoms with Crippen molar-refractivity contribution in [2.75, 3.05) is 19.1 Å². The lowest BCUT2D eigenvalue weighted by atomic mass is 10.2. The Kier molecular flexibility index (Phi) is 3.47. The lowest BCUT2D eigenvalue weighted by Gasteiger charge is -2.11. The highest BCUT2D eigenvalue weighted by Gasteiger charge is 2.14. The number of nitrogens with zero attached hydrogens (tertiary/aromatic N) is 5. The van der Waals surface area contributed by atoms with E-state index in [-0.39, 0.29) is 0 Å². The Balaban J connectivity index is 1.69. The Morgan fingerprint density at radius 3 is 2.96 bits per heavy atom. The van der Waals surface area contributed by atoms with Crippen molar-refractivity contribution in [3.63, 3.8) is 0 Å². The van der Waals surface area contributed by atoms with Crippen molar-refractivity contribution in [2.24, 2.45) is 0 Å². The van der Waals surface area contributed by atoms with Gasteiger partial charge >= 0.3 is 0 Å². The Morgan fingerprint density at radius 2 is 2.22 bits per heavy atom. The van der Waals surface area contributed by atoms with Gasteiger partial charge in [-0.15, -0.1) is 16.4 Å². The van der Waals surface area contributed by atoms with Gasteiger partial charge in [-0.1, -0.05) is 11.3 Å². The van der Waals surface area contributed by atoms with Gasteiger partial charge in [0.25, 0.3) is 0 Å². The molecule has 23 heavy (non-hydrogen) atoms. The van der Waals surface area contributed by atoms with Crippen molar-refractivity contribution in [1.82, 2.24) is 19.6 Å². The van der Waals surface area contributed by atoms with E-state index in [2.05, 4.69) is 31.4 Å². The third kappa shape index (κ3) is 2.55. The van der Waals surface area contributed by atoms with E-state index in [0.29, 0.717) is 5.75 Å². The highest BCUT2D eigenvalue weighted by atomic mass is 32.1. The summed E-state index contributed by atoms with van der Waals surface area (Å²) in [4.78, 5) is 11.7. The van der Waals surface area contributed by atoms with Crippen LogP contribution >= 0.6 is 22.7 Å². The van der Waals surface area contributed by atoms with E-state index in [0.717, 1.165) is 26.4 Å². The second-order valence-electron chi connectivity index (χ2n) is 4.86. The topological polar surface area (TPSA) is 55.6 Å². The minimum absolute atomic E-state index is 0.713. The third-order valence-electron chi connectivity index (χ3n) is 3.40. The predicted molar refractivity (Wildman–Crippen MR) is 93.0 cm³/mol. The number of anilines is 2. The molecule has 0 aliphatic rings. The molecule has 8 heteroatoms. The smallest absolute Gasteiger partial charge is 0.214 e. The highest BCUT2D eigenvalue weighted by molar-refractivity contribution is 7.21. The van der Waals surface area contributed by atoms with Crippen LogP contribution < -0.4 is 9.64 Å². The Bertz CT molecular complexity index is 913. The lowest BCUT2D eigenvalue weighted by Crippen LogP contribution is -2.07. The molecule has 0 unspecified atom stereocenters. The predicted octanol–water partition coefficient (Wildman–Crippen LogP) is 3.69. The second-order valence-corrected chi connectivity index (χ2v) is 6.72. The van der Waals surface area contributed by atoms with Crippen LogP contribution in [0.25, 0.3) is 16.2 Å². The maximum absolute atomic E-state index is 5.21. The first-order chi connectivity index (χ1) is 11.2. The average Bonchev–Trinajstić information content (AvgIpc) is 3.29. The van der Waals surface area contributed by atoms with E-state index in [9.17, 15) is 0 Å². The van der Waals surface area contributed by atoms with Gasteiger partial charge in [-0.05, 0) is 23.6 Å². The van der Waals surface area contributed by atoms with Crippen molar-refractivity contribution < 1.29 is 4.74 Å². The van der Waals surface area contributed by atoms with Crippen LogP contribution in [-0.4, -0.2) is 33.7 Å². The summed E-state index contributed by atoms with van der Waals surface area (Å²) < 4.78 is 7.01. The largest absolute Gasteiger partial charge is 0.495 e. The molecule has 0 spiro atoms. The number of ether oxygens (including phenoxy) is 1. The number of pyridine rings is 1. The molecule has 0 saturated heterocycles. The van der Waals surface area contributed by atoms with E-state index in [1.165, 1.54) is 0 Å². The molecule has 4 heterocycles. The second kappa shape index (κ2) is 5.64. The van der Waals surface area contributed by atoms with Crippen molar-refractivity contribution >= 4 is 37.8 Å². The molecular formula is C15H13N5OS2. The number of methoxy groups -OCH3 is 1. The van der Waals surface area contributed by atoms with Crippen LogP contribution in [0.3, 0.4) is 0 Å². The lowest BCUT2D eigenvalue weighted by molar-refractivity contribution is 0.413. The number of hydrogen-bond acceptors (Lipinski definition) is 7. The van der Waals surface area contributed by atoms with E-state index < -0.39 is 0 Å². The molecule has 0 N–H and O–H groups in total. The zero-order valence-electron chi connectivity index (χ0n) is 12.5. The molecule has 116 valence electrons. The molecule has 0 aliphatic carbocycles. The first-order valence-electron chi connectivity index (χ1n) is 6.87. The zero-order chi connectivity index (χ0) is 15.8. The van der Waals surface area contributed by atoms with Crippen molar-refractivity contribution in [3.05, 3.63) is 42.2 Å². The molecular weight excluding hydrogens is 330 g/mol. The van der Waals surface area contributed by atoms with Gasteiger partial charge in [0, 0.05) is 18.8 Å². The number of hydrogen-bond donors (Lipinski definition) is 0. The quantitative estimate of drug-likeness (QED) is 0.566. The summed E-state index contributed by atoms with van der Waals surface area (Å²) >= 11 is 3.23. The fourth-order valence-corrected chi connectivity index (χ4v) is 3.80. The summed E-state index contributed by atoms with van der Waals surface area (Å²) in [7, 11) is 3.64. The van der Waals surface area contributed by atoms with Crippen molar-refractivity contribution in [3.8, 4) is 17.0 Å². The summed E-state index contributed by atoms with van der Waals surface area (Å²) in [5.41, 5.74) is 1.75. The van der Waals surface area contributed by atoms with Gasteiger partial charge in [-0.25, -0.2) is 9.50 Å². The van der Waals surface area contributed by atoms with Crippen LogP contribution in [0.4, 0.5) is 10.1 Å². The molecule has 0 fully saturated rings. The molecule has 0 amide bonds. The van der Waals surface area contributed by atoms with E-state index in [1.54, 1.807) is 46.7 Å². The third-order valence-corrected chi connectivity index (χ3v) is 5.34. The van der Waals surface area contributed by atoms with Crippen LogP contribution in [-0.2, 0) is 0 Å². The van der Waals surface area contributed by atoms with Crippen LogP contribution in [0.5, 0.6) is 5.75 Å². The molecule has 4 aromatic rings. The Hall–Kier alpha value is -2.45. The fourth-order valence-electron chi connectivity index (χ4n) is 2.19. The molecule has 0 atom stereocenters. The molecule has 0 aliphatic heterocycles. The first kappa shape index (κ1) is 14.2. The number of thiophene rings is 1. The molecule has 4 aromatic heterocycles. The summed E-state index contributed by atoms with van der Waals surface area (Å²) in [5, 5.41) is 8.72. The summed E-state index contributed by atoms with van der Waals surface area (Å²) in [6.45, 7) is 0. The monoisotopic (exact) mass is 343 g/mol. The van der Waals surface area contributed by atoms with Crippen molar-refractivity contribution in [1.29, 1.82) is 0 Å². The van der Waals surface area contributed by atoms with Gasteiger partial charge in [0.1, 0.15) is 5.75 Å². The molecule has 0 saturated carbocycles. The maximum atomic E-state index is 5.21. The maximum Gasteiger partial charge on any atom is 0.214 e. The summed E-state index contributed by atoms with van der Waals surface area (Å²) in [5.74, 6) is 0.713. The zero-order valence-corrected chi connectivity index (χ0v) is 14.1. The molecule has 0 aromatic carbocycles.